The molecule has 0 spiro atoms. The Bertz CT molecular complexity index is 933. The number of halogens is 3. The molecule has 0 aliphatic carbocycles. The number of unbranched alkanes of at least 4 members (excludes halogenated alkanes) is 3. The van der Waals surface area contributed by atoms with Crippen molar-refractivity contribution in [1.29, 1.82) is 0 Å². The second-order valence-electron chi connectivity index (χ2n) is 8.92. The van der Waals surface area contributed by atoms with Crippen molar-refractivity contribution in [2.75, 3.05) is 0 Å². The van der Waals surface area contributed by atoms with Gasteiger partial charge in [-0.25, -0.2) is 0 Å². The fourth-order valence-corrected chi connectivity index (χ4v) is 5.27. The first kappa shape index (κ1) is 24.2. The molecule has 3 rings (SSSR count). The highest BCUT2D eigenvalue weighted by molar-refractivity contribution is 7.11. The van der Waals surface area contributed by atoms with Crippen molar-refractivity contribution in [3.63, 3.8) is 0 Å². The van der Waals surface area contributed by atoms with Gasteiger partial charge in [-0.1, -0.05) is 122 Å². The summed E-state index contributed by atoms with van der Waals surface area (Å²) in [7, 11) is 0. The van der Waals surface area contributed by atoms with Crippen LogP contribution in [0.4, 0.5) is 0 Å². The first-order valence-electron chi connectivity index (χ1n) is 11.3. The fraction of sp³-hybridized carbons (Fsp3) is 0.333. The van der Waals surface area contributed by atoms with Crippen molar-refractivity contribution >= 4 is 57.3 Å². The minimum atomic E-state index is -1.28. The first-order valence-corrected chi connectivity index (χ1v) is 12.4. The van der Waals surface area contributed by atoms with Gasteiger partial charge in [-0.2, -0.15) is 22.7 Å². The highest BCUT2D eigenvalue weighted by Crippen LogP contribution is 2.24. The molecule has 31 heavy (non-hydrogen) atoms. The lowest BCUT2D eigenvalue weighted by molar-refractivity contribution is 0.698. The van der Waals surface area contributed by atoms with E-state index in [0.29, 0.717) is 0 Å². The SMILES string of the molecule is CCCCCC[B-](c1ccc(C)c(Cl)c1)(c1ccc(C)c(Cl)c1)c1ccc(C)c(Cl)c1. The predicted octanol–water partition coefficient (Wildman–Crippen LogP) is 7.62. The van der Waals surface area contributed by atoms with Crippen LogP contribution in [0.3, 0.4) is 0 Å². The van der Waals surface area contributed by atoms with Crippen LogP contribution in [-0.2, 0) is 0 Å². The van der Waals surface area contributed by atoms with E-state index < -0.39 is 6.15 Å². The normalized spacial score (nSPS) is 11.7. The molecular weight excluding hydrogens is 441 g/mol. The van der Waals surface area contributed by atoms with Crippen LogP contribution in [0.5, 0.6) is 0 Å². The van der Waals surface area contributed by atoms with Crippen molar-refractivity contribution in [2.24, 2.45) is 0 Å². The van der Waals surface area contributed by atoms with Gasteiger partial charge in [0.2, 0.25) is 0 Å². The van der Waals surface area contributed by atoms with E-state index in [4.69, 9.17) is 34.8 Å². The van der Waals surface area contributed by atoms with E-state index in [1.54, 1.807) is 0 Å². The highest BCUT2D eigenvalue weighted by atomic mass is 35.5. The van der Waals surface area contributed by atoms with Crippen molar-refractivity contribution in [1.82, 2.24) is 0 Å². The third-order valence-electron chi connectivity index (χ3n) is 6.79. The molecule has 0 saturated heterocycles. The predicted molar refractivity (Wildman–Crippen MR) is 142 cm³/mol. The molecule has 0 bridgehead atoms. The average Bonchev–Trinajstić information content (AvgIpc) is 2.75. The van der Waals surface area contributed by atoms with Crippen LogP contribution >= 0.6 is 34.8 Å². The quantitative estimate of drug-likeness (QED) is 0.234. The van der Waals surface area contributed by atoms with Crippen molar-refractivity contribution in [2.45, 2.75) is 59.7 Å². The molecule has 0 fully saturated rings. The van der Waals surface area contributed by atoms with Gasteiger partial charge >= 0.3 is 0 Å². The zero-order valence-corrected chi connectivity index (χ0v) is 21.2. The summed E-state index contributed by atoms with van der Waals surface area (Å²) in [5.41, 5.74) is 6.99. The molecule has 164 valence electrons. The van der Waals surface area contributed by atoms with Crippen LogP contribution in [0, 0.1) is 20.8 Å². The Kier molecular flexibility index (Phi) is 8.19. The Morgan fingerprint density at radius 1 is 0.581 bits per heavy atom. The van der Waals surface area contributed by atoms with Gasteiger partial charge in [0, 0.05) is 15.1 Å². The molecule has 0 N–H and O–H groups in total. The van der Waals surface area contributed by atoms with Gasteiger partial charge in [-0.05, 0) is 37.5 Å². The summed E-state index contributed by atoms with van der Waals surface area (Å²) in [5.74, 6) is 0. The lowest BCUT2D eigenvalue weighted by atomic mass is 9.14. The Morgan fingerprint density at radius 2 is 0.968 bits per heavy atom. The maximum atomic E-state index is 6.65. The summed E-state index contributed by atoms with van der Waals surface area (Å²) in [6.45, 7) is 8.40. The van der Waals surface area contributed by atoms with Crippen molar-refractivity contribution in [3.8, 4) is 0 Å². The van der Waals surface area contributed by atoms with Gasteiger partial charge in [-0.15, -0.1) is 0 Å². The lowest BCUT2D eigenvalue weighted by Gasteiger charge is -2.44. The molecule has 0 nitrogen and oxygen atoms in total. The number of hydrogen-bond acceptors (Lipinski definition) is 0. The second kappa shape index (κ2) is 10.5. The van der Waals surface area contributed by atoms with Crippen molar-refractivity contribution < 1.29 is 0 Å². The first-order chi connectivity index (χ1) is 14.8. The molecule has 0 aromatic heterocycles. The number of rotatable bonds is 8. The second-order valence-corrected chi connectivity index (χ2v) is 10.1. The molecule has 0 atom stereocenters. The minimum Gasteiger partial charge on any atom is -0.198 e. The summed E-state index contributed by atoms with van der Waals surface area (Å²) in [6, 6.07) is 19.6. The monoisotopic (exact) mass is 471 g/mol. The van der Waals surface area contributed by atoms with E-state index in [1.165, 1.54) is 35.7 Å². The standard InChI is InChI=1S/C27H31BCl3/c1-5-6-7-8-15-28(22-12-9-19(2)25(29)16-22,23-13-10-20(3)26(30)17-23)24-14-11-21(4)27(31)18-24/h9-14,16-18H,5-8,15H2,1-4H3/q-1. The summed E-state index contributed by atoms with van der Waals surface area (Å²) < 4.78 is 0. The third-order valence-corrected chi connectivity index (χ3v) is 8.01. The minimum absolute atomic E-state index is 0.800. The molecule has 0 aliphatic heterocycles. The van der Waals surface area contributed by atoms with E-state index in [1.807, 2.05) is 20.8 Å². The van der Waals surface area contributed by atoms with E-state index in [0.717, 1.165) is 44.5 Å². The maximum absolute atomic E-state index is 6.65. The molecular formula is C27H31BCl3-. The molecule has 0 amide bonds. The number of benzene rings is 3. The van der Waals surface area contributed by atoms with Crippen molar-refractivity contribution in [3.05, 3.63) is 86.4 Å². The fourth-order valence-electron chi connectivity index (χ4n) is 4.70. The van der Waals surface area contributed by atoms with Gasteiger partial charge in [0.05, 0.1) is 6.15 Å². The highest BCUT2D eigenvalue weighted by Gasteiger charge is 2.30. The Hall–Kier alpha value is -1.41. The molecule has 0 unspecified atom stereocenters. The maximum Gasteiger partial charge on any atom is 0.0816 e. The Labute approximate surface area is 202 Å². The zero-order valence-electron chi connectivity index (χ0n) is 18.9. The number of hydrogen-bond donors (Lipinski definition) is 0. The van der Waals surface area contributed by atoms with Crippen LogP contribution in [0.1, 0.15) is 49.3 Å². The van der Waals surface area contributed by atoms with E-state index in [9.17, 15) is 0 Å². The van der Waals surface area contributed by atoms with E-state index in [2.05, 4.69) is 61.5 Å². The number of aryl methyl sites for hydroxylation is 3. The summed E-state index contributed by atoms with van der Waals surface area (Å²) in [4.78, 5) is 0. The smallest absolute Gasteiger partial charge is 0.0816 e. The van der Waals surface area contributed by atoms with Crippen LogP contribution < -0.4 is 16.4 Å². The molecule has 0 saturated carbocycles. The van der Waals surface area contributed by atoms with Gasteiger partial charge in [0.25, 0.3) is 0 Å². The Balaban J connectivity index is 2.31. The molecule has 0 heterocycles. The molecule has 4 heteroatoms. The largest absolute Gasteiger partial charge is 0.198 e. The molecule has 3 aromatic carbocycles. The average molecular weight is 473 g/mol. The summed E-state index contributed by atoms with van der Waals surface area (Å²) >= 11 is 19.9. The molecule has 0 radical (unpaired) electrons. The molecule has 0 aliphatic rings. The van der Waals surface area contributed by atoms with Crippen LogP contribution in [0.25, 0.3) is 0 Å². The molecule has 3 aromatic rings. The van der Waals surface area contributed by atoms with Gasteiger partial charge in [0.15, 0.2) is 0 Å². The zero-order chi connectivity index (χ0) is 22.6. The van der Waals surface area contributed by atoms with E-state index >= 15 is 0 Å². The summed E-state index contributed by atoms with van der Waals surface area (Å²) in [6.07, 6.45) is 4.54. The lowest BCUT2D eigenvalue weighted by Crippen LogP contribution is -2.67. The summed E-state index contributed by atoms with van der Waals surface area (Å²) in [5, 5.41) is 2.40. The van der Waals surface area contributed by atoms with Gasteiger partial charge in [-0.3, -0.25) is 0 Å². The van der Waals surface area contributed by atoms with E-state index in [-0.39, 0.29) is 0 Å². The van der Waals surface area contributed by atoms with Gasteiger partial charge in [0.1, 0.15) is 0 Å². The topological polar surface area (TPSA) is 0 Å². The van der Waals surface area contributed by atoms with Gasteiger partial charge < -0.3 is 0 Å². The third kappa shape index (κ3) is 5.16. The van der Waals surface area contributed by atoms with Crippen LogP contribution in [-0.4, -0.2) is 6.15 Å². The Morgan fingerprint density at radius 3 is 1.29 bits per heavy atom. The van der Waals surface area contributed by atoms with Crippen LogP contribution in [0.2, 0.25) is 21.4 Å². The van der Waals surface area contributed by atoms with Crippen LogP contribution in [0.15, 0.2) is 54.6 Å².